The molecular weight excluding hydrogens is 298 g/mol. The number of hydrogen-bond acceptors (Lipinski definition) is 6. The van der Waals surface area contributed by atoms with Gasteiger partial charge in [0.2, 0.25) is 10.0 Å². The van der Waals surface area contributed by atoms with Gasteiger partial charge in [-0.25, -0.2) is 13.1 Å². The Balaban J connectivity index is 2.18. The highest BCUT2D eigenvalue weighted by Crippen LogP contribution is 2.27. The van der Waals surface area contributed by atoms with E-state index in [0.29, 0.717) is 6.61 Å². The van der Waals surface area contributed by atoms with Gasteiger partial charge in [-0.3, -0.25) is 10.1 Å². The summed E-state index contributed by atoms with van der Waals surface area (Å²) >= 11 is 0. The Hall–Kier alpha value is -1.71. The molecule has 21 heavy (non-hydrogen) atoms. The molecule has 1 heterocycles. The number of sulfonamides is 1. The van der Waals surface area contributed by atoms with Gasteiger partial charge in [-0.1, -0.05) is 0 Å². The summed E-state index contributed by atoms with van der Waals surface area (Å²) in [6, 6.07) is 3.75. The van der Waals surface area contributed by atoms with Crippen LogP contribution in [0.1, 0.15) is 12.8 Å². The van der Waals surface area contributed by atoms with Crippen LogP contribution in [0.4, 0.5) is 11.4 Å². The first-order valence-corrected chi connectivity index (χ1v) is 8.00. The van der Waals surface area contributed by atoms with E-state index in [4.69, 9.17) is 4.74 Å². The largest absolute Gasteiger partial charge is 0.383 e. The molecule has 0 radical (unpaired) electrons. The van der Waals surface area contributed by atoms with Gasteiger partial charge in [0.05, 0.1) is 15.9 Å². The summed E-state index contributed by atoms with van der Waals surface area (Å²) in [7, 11) is -2.26. The third-order valence-corrected chi connectivity index (χ3v) is 4.69. The van der Waals surface area contributed by atoms with E-state index in [1.54, 1.807) is 0 Å². The SMILES string of the molecule is CNc1ccc(S(=O)(=O)NCC2CCCO2)cc1[N+](=O)[O-]. The second kappa shape index (κ2) is 6.37. The molecule has 1 aromatic rings. The smallest absolute Gasteiger partial charge is 0.293 e. The van der Waals surface area contributed by atoms with E-state index < -0.39 is 14.9 Å². The van der Waals surface area contributed by atoms with Gasteiger partial charge in [-0.2, -0.15) is 0 Å². The molecule has 1 fully saturated rings. The fourth-order valence-electron chi connectivity index (χ4n) is 2.13. The fourth-order valence-corrected chi connectivity index (χ4v) is 3.22. The summed E-state index contributed by atoms with van der Waals surface area (Å²) < 4.78 is 32.1. The topological polar surface area (TPSA) is 111 Å². The van der Waals surface area contributed by atoms with Crippen molar-refractivity contribution in [2.45, 2.75) is 23.8 Å². The number of benzene rings is 1. The lowest BCUT2D eigenvalue weighted by Gasteiger charge is -2.12. The molecule has 0 amide bonds. The van der Waals surface area contributed by atoms with E-state index in [-0.39, 0.29) is 28.9 Å². The predicted octanol–water partition coefficient (Wildman–Crippen LogP) is 1.09. The first-order chi connectivity index (χ1) is 9.94. The Morgan fingerprint density at radius 3 is 2.81 bits per heavy atom. The number of rotatable bonds is 6. The van der Waals surface area contributed by atoms with Gasteiger partial charge < -0.3 is 10.1 Å². The van der Waals surface area contributed by atoms with Crippen molar-refractivity contribution in [1.29, 1.82) is 0 Å². The highest BCUT2D eigenvalue weighted by atomic mass is 32.2. The van der Waals surface area contributed by atoms with Gasteiger partial charge in [0.1, 0.15) is 5.69 Å². The molecule has 1 saturated heterocycles. The lowest BCUT2D eigenvalue weighted by Crippen LogP contribution is -2.31. The standard InChI is InChI=1S/C12H17N3O5S/c1-13-11-5-4-10(7-12(11)15(16)17)21(18,19)14-8-9-3-2-6-20-9/h4-5,7,9,13-14H,2-3,6,8H2,1H3. The van der Waals surface area contributed by atoms with Gasteiger partial charge >= 0.3 is 0 Å². The number of nitrogens with one attached hydrogen (secondary N) is 2. The summed E-state index contributed by atoms with van der Waals surface area (Å²) in [5.74, 6) is 0. The Morgan fingerprint density at radius 2 is 2.24 bits per heavy atom. The quantitative estimate of drug-likeness (QED) is 0.600. The van der Waals surface area contributed by atoms with Crippen molar-refractivity contribution in [3.63, 3.8) is 0 Å². The first-order valence-electron chi connectivity index (χ1n) is 6.51. The molecule has 0 aliphatic carbocycles. The molecule has 1 aliphatic heterocycles. The van der Waals surface area contributed by atoms with Crippen LogP contribution in [0.3, 0.4) is 0 Å². The maximum atomic E-state index is 12.2. The van der Waals surface area contributed by atoms with Crippen molar-refractivity contribution < 1.29 is 18.1 Å². The Morgan fingerprint density at radius 1 is 1.48 bits per heavy atom. The zero-order valence-corrected chi connectivity index (χ0v) is 12.4. The second-order valence-electron chi connectivity index (χ2n) is 4.67. The minimum atomic E-state index is -3.79. The van der Waals surface area contributed by atoms with Gasteiger partial charge in [0, 0.05) is 26.3 Å². The van der Waals surface area contributed by atoms with Crippen LogP contribution in [-0.4, -0.2) is 39.6 Å². The number of anilines is 1. The van der Waals surface area contributed by atoms with Crippen molar-refractivity contribution in [2.75, 3.05) is 25.5 Å². The molecular formula is C12H17N3O5S. The van der Waals surface area contributed by atoms with E-state index in [1.165, 1.54) is 19.2 Å². The van der Waals surface area contributed by atoms with Crippen molar-refractivity contribution >= 4 is 21.4 Å². The summed E-state index contributed by atoms with van der Waals surface area (Å²) in [4.78, 5) is 10.2. The molecule has 1 aliphatic rings. The molecule has 0 bridgehead atoms. The number of nitro groups is 1. The second-order valence-corrected chi connectivity index (χ2v) is 6.44. The maximum absolute atomic E-state index is 12.2. The number of hydrogen-bond donors (Lipinski definition) is 2. The van der Waals surface area contributed by atoms with Crippen LogP contribution >= 0.6 is 0 Å². The monoisotopic (exact) mass is 315 g/mol. The van der Waals surface area contributed by atoms with Gasteiger partial charge in [0.15, 0.2) is 0 Å². The highest BCUT2D eigenvalue weighted by Gasteiger charge is 2.23. The van der Waals surface area contributed by atoms with E-state index in [1.807, 2.05) is 0 Å². The molecule has 2 rings (SSSR count). The minimum absolute atomic E-state index is 0.133. The van der Waals surface area contributed by atoms with E-state index >= 15 is 0 Å². The summed E-state index contributed by atoms with van der Waals surface area (Å²) in [5, 5.41) is 13.6. The molecule has 116 valence electrons. The molecule has 9 heteroatoms. The molecule has 0 spiro atoms. The molecule has 1 atom stereocenters. The van der Waals surface area contributed by atoms with E-state index in [2.05, 4.69) is 10.0 Å². The number of nitro benzene ring substituents is 1. The normalized spacial score (nSPS) is 18.6. The van der Waals surface area contributed by atoms with Crippen LogP contribution in [0, 0.1) is 10.1 Å². The number of nitrogens with zero attached hydrogens (tertiary/aromatic N) is 1. The Labute approximate surface area is 122 Å². The highest BCUT2D eigenvalue weighted by molar-refractivity contribution is 7.89. The van der Waals surface area contributed by atoms with Gasteiger partial charge in [0.25, 0.3) is 5.69 Å². The van der Waals surface area contributed by atoms with Crippen molar-refractivity contribution in [1.82, 2.24) is 4.72 Å². The zero-order valence-electron chi connectivity index (χ0n) is 11.5. The minimum Gasteiger partial charge on any atom is -0.383 e. The summed E-state index contributed by atoms with van der Waals surface area (Å²) in [6.07, 6.45) is 1.59. The molecule has 8 nitrogen and oxygen atoms in total. The predicted molar refractivity (Wildman–Crippen MR) is 76.8 cm³/mol. The van der Waals surface area contributed by atoms with Crippen LogP contribution in [0.2, 0.25) is 0 Å². The van der Waals surface area contributed by atoms with Crippen molar-refractivity contribution in [3.8, 4) is 0 Å². The lowest BCUT2D eigenvalue weighted by atomic mass is 10.2. The Bertz CT molecular complexity index is 626. The van der Waals surface area contributed by atoms with Crippen molar-refractivity contribution in [3.05, 3.63) is 28.3 Å². The first kappa shape index (κ1) is 15.7. The molecule has 1 unspecified atom stereocenters. The van der Waals surface area contributed by atoms with Gasteiger partial charge in [-0.15, -0.1) is 0 Å². The Kier molecular flexibility index (Phi) is 4.76. The van der Waals surface area contributed by atoms with Crippen molar-refractivity contribution in [2.24, 2.45) is 0 Å². The third kappa shape index (κ3) is 3.69. The van der Waals surface area contributed by atoms with Crippen LogP contribution in [0.5, 0.6) is 0 Å². The van der Waals surface area contributed by atoms with Crippen LogP contribution in [0.25, 0.3) is 0 Å². The van der Waals surface area contributed by atoms with E-state index in [0.717, 1.165) is 18.9 Å². The molecule has 0 aromatic heterocycles. The molecule has 2 N–H and O–H groups in total. The van der Waals surface area contributed by atoms with Crippen LogP contribution < -0.4 is 10.0 Å². The summed E-state index contributed by atoms with van der Waals surface area (Å²) in [5.41, 5.74) is -0.0180. The average Bonchev–Trinajstić information content (AvgIpc) is 2.97. The van der Waals surface area contributed by atoms with Gasteiger partial charge in [-0.05, 0) is 25.0 Å². The third-order valence-electron chi connectivity index (χ3n) is 3.27. The lowest BCUT2D eigenvalue weighted by molar-refractivity contribution is -0.384. The number of ether oxygens (including phenoxy) is 1. The van der Waals surface area contributed by atoms with E-state index in [9.17, 15) is 18.5 Å². The average molecular weight is 315 g/mol. The maximum Gasteiger partial charge on any atom is 0.293 e. The summed E-state index contributed by atoms with van der Waals surface area (Å²) in [6.45, 7) is 0.804. The molecule has 0 saturated carbocycles. The van der Waals surface area contributed by atoms with Crippen LogP contribution in [-0.2, 0) is 14.8 Å². The molecule has 1 aromatic carbocycles. The van der Waals surface area contributed by atoms with Crippen LogP contribution in [0.15, 0.2) is 23.1 Å². The zero-order chi connectivity index (χ0) is 15.5. The fraction of sp³-hybridized carbons (Fsp3) is 0.500.